The number of ether oxygens (including phenoxy) is 2. The SMILES string of the molecule is CCCc1c(OCC/C=C\C=C\[C@@H](c2c(C(=O)OC)oc3c(c2=O)=CCC(=S)C=3)[C@@H](O)c2ccccc2)ccc(C(C)=O)c1O. The van der Waals surface area contributed by atoms with E-state index in [2.05, 4.69) is 0 Å². The molecule has 0 saturated heterocycles. The van der Waals surface area contributed by atoms with Crippen molar-refractivity contribution in [1.82, 2.24) is 0 Å². The predicted molar refractivity (Wildman–Crippen MR) is 176 cm³/mol. The molecule has 2 N–H and O–H groups in total. The number of hydrogen-bond donors (Lipinski definition) is 2. The molecule has 3 aromatic rings. The van der Waals surface area contributed by atoms with Gasteiger partial charge in [0.25, 0.3) is 0 Å². The second-order valence-electron chi connectivity index (χ2n) is 10.5. The van der Waals surface area contributed by atoms with E-state index in [9.17, 15) is 24.6 Å². The van der Waals surface area contributed by atoms with Gasteiger partial charge in [0.15, 0.2) is 11.2 Å². The van der Waals surface area contributed by atoms with Crippen molar-refractivity contribution in [3.05, 3.63) is 116 Å². The number of aromatic hydroxyl groups is 1. The van der Waals surface area contributed by atoms with Crippen molar-refractivity contribution >= 4 is 41.0 Å². The molecule has 234 valence electrons. The Bertz CT molecular complexity index is 1820. The first-order valence-corrected chi connectivity index (χ1v) is 15.1. The third-order valence-corrected chi connectivity index (χ3v) is 7.71. The standard InChI is InChI=1S/C36H36O8S/c1-4-12-26-29(19-18-25(22(2)37)33(26)39)43-20-11-6-5-10-15-28(32(38)23-13-8-7-9-14-23)31-34(40)27-17-16-24(45)21-30(27)44-35(31)36(41)42-3/h5-10,13-15,17-19,21,28,32,38-39H,4,11-12,16,20H2,1-3H3/b6-5-,15-10+/t28-,32-/m0/s1. The molecule has 0 saturated carbocycles. The van der Waals surface area contributed by atoms with E-state index in [1.54, 1.807) is 66.8 Å². The molecular weight excluding hydrogens is 592 g/mol. The largest absolute Gasteiger partial charge is 0.507 e. The minimum absolute atomic E-state index is 0.0142. The first-order chi connectivity index (χ1) is 21.7. The van der Waals surface area contributed by atoms with E-state index < -0.39 is 23.4 Å². The Labute approximate surface area is 266 Å². The van der Waals surface area contributed by atoms with Crippen LogP contribution in [0.4, 0.5) is 0 Å². The molecule has 0 fully saturated rings. The highest BCUT2D eigenvalue weighted by atomic mass is 32.1. The number of rotatable bonds is 13. The van der Waals surface area contributed by atoms with Gasteiger partial charge in [-0.05, 0) is 43.5 Å². The normalized spacial score (nSPS) is 14.0. The number of ketones is 1. The highest BCUT2D eigenvalue weighted by molar-refractivity contribution is 7.81. The molecule has 1 aliphatic rings. The van der Waals surface area contributed by atoms with Gasteiger partial charge in [0.05, 0.1) is 36.2 Å². The number of aliphatic hydroxyl groups is 1. The summed E-state index contributed by atoms with van der Waals surface area (Å²) in [5, 5.41) is 22.3. The Balaban J connectivity index is 1.61. The van der Waals surface area contributed by atoms with Gasteiger partial charge in [-0.1, -0.05) is 86.3 Å². The highest BCUT2D eigenvalue weighted by Gasteiger charge is 2.31. The van der Waals surface area contributed by atoms with Gasteiger partial charge in [-0.3, -0.25) is 9.59 Å². The molecule has 45 heavy (non-hydrogen) atoms. The van der Waals surface area contributed by atoms with Crippen LogP contribution < -0.4 is 20.8 Å². The molecule has 0 aliphatic heterocycles. The first-order valence-electron chi connectivity index (χ1n) is 14.7. The molecule has 1 aliphatic carbocycles. The van der Waals surface area contributed by atoms with E-state index in [4.69, 9.17) is 26.1 Å². The summed E-state index contributed by atoms with van der Waals surface area (Å²) in [7, 11) is 1.19. The summed E-state index contributed by atoms with van der Waals surface area (Å²) < 4.78 is 16.8. The van der Waals surface area contributed by atoms with Crippen LogP contribution >= 0.6 is 12.2 Å². The van der Waals surface area contributed by atoms with Gasteiger partial charge in [0.1, 0.15) is 16.9 Å². The monoisotopic (exact) mass is 628 g/mol. The maximum Gasteiger partial charge on any atom is 0.374 e. The van der Waals surface area contributed by atoms with Crippen LogP contribution in [0.25, 0.3) is 12.2 Å². The number of Topliss-reactive ketones (excluding diaryl/α,β-unsaturated/α-hetero) is 1. The Kier molecular flexibility index (Phi) is 11.4. The van der Waals surface area contributed by atoms with Crippen molar-refractivity contribution in [3.63, 3.8) is 0 Å². The van der Waals surface area contributed by atoms with E-state index in [0.29, 0.717) is 47.6 Å². The molecule has 9 heteroatoms. The molecule has 8 nitrogen and oxygen atoms in total. The zero-order valence-corrected chi connectivity index (χ0v) is 26.3. The number of fused-ring (bicyclic) bond motifs is 1. The van der Waals surface area contributed by atoms with Crippen LogP contribution in [-0.2, 0) is 11.2 Å². The molecular formula is C36H36O8S. The molecule has 0 amide bonds. The van der Waals surface area contributed by atoms with Crippen LogP contribution in [0, 0.1) is 0 Å². The van der Waals surface area contributed by atoms with Crippen LogP contribution in [0.5, 0.6) is 11.5 Å². The van der Waals surface area contributed by atoms with Gasteiger partial charge in [0, 0.05) is 22.8 Å². The second kappa shape index (κ2) is 15.4. The number of allylic oxidation sites excluding steroid dienone is 2. The fourth-order valence-corrected chi connectivity index (χ4v) is 5.37. The number of hydrogen-bond acceptors (Lipinski definition) is 9. The summed E-state index contributed by atoms with van der Waals surface area (Å²) in [6, 6.07) is 12.1. The number of phenolic OH excluding ortho intramolecular Hbond substituents is 1. The van der Waals surface area contributed by atoms with Crippen molar-refractivity contribution < 1.29 is 33.7 Å². The van der Waals surface area contributed by atoms with Crippen LogP contribution in [-0.4, -0.2) is 40.5 Å². The minimum atomic E-state index is -1.18. The lowest BCUT2D eigenvalue weighted by atomic mass is 9.87. The van der Waals surface area contributed by atoms with Crippen LogP contribution in [0.2, 0.25) is 0 Å². The van der Waals surface area contributed by atoms with Gasteiger partial charge < -0.3 is 24.1 Å². The third-order valence-electron chi connectivity index (χ3n) is 7.42. The molecule has 0 bridgehead atoms. The molecule has 2 atom stereocenters. The maximum atomic E-state index is 13.8. The lowest BCUT2D eigenvalue weighted by molar-refractivity contribution is 0.0553. The summed E-state index contributed by atoms with van der Waals surface area (Å²) in [6.07, 6.45) is 11.2. The second-order valence-corrected chi connectivity index (χ2v) is 11.1. The Hall–Kier alpha value is -4.60. The average Bonchev–Trinajstić information content (AvgIpc) is 3.03. The number of phenols is 1. The van der Waals surface area contributed by atoms with Crippen LogP contribution in [0.1, 0.15) is 82.7 Å². The van der Waals surface area contributed by atoms with E-state index in [0.717, 1.165) is 6.42 Å². The molecule has 0 spiro atoms. The molecule has 4 rings (SSSR count). The summed E-state index contributed by atoms with van der Waals surface area (Å²) in [4.78, 5) is 39.1. The quantitative estimate of drug-likeness (QED) is 0.0883. The summed E-state index contributed by atoms with van der Waals surface area (Å²) in [6.45, 7) is 3.70. The predicted octanol–water partition coefficient (Wildman–Crippen LogP) is 5.02. The zero-order valence-electron chi connectivity index (χ0n) is 25.4. The summed E-state index contributed by atoms with van der Waals surface area (Å²) in [5.41, 5.74) is 1.15. The lowest BCUT2D eigenvalue weighted by Gasteiger charge is -2.22. The van der Waals surface area contributed by atoms with E-state index in [-0.39, 0.29) is 39.1 Å². The van der Waals surface area contributed by atoms with Crippen LogP contribution in [0.15, 0.2) is 76.0 Å². The molecule has 1 heterocycles. The van der Waals surface area contributed by atoms with Gasteiger partial charge in [-0.15, -0.1) is 0 Å². The number of aliphatic hydroxyl groups excluding tert-OH is 1. The van der Waals surface area contributed by atoms with Crippen LogP contribution in [0.3, 0.4) is 0 Å². The average molecular weight is 629 g/mol. The zero-order chi connectivity index (χ0) is 32.5. The number of carbonyl (C=O) groups is 2. The molecule has 2 aromatic carbocycles. The van der Waals surface area contributed by atoms with Crippen molar-refractivity contribution in [2.45, 2.75) is 51.6 Å². The van der Waals surface area contributed by atoms with Crippen molar-refractivity contribution in [3.8, 4) is 11.5 Å². The maximum absolute atomic E-state index is 13.8. The molecule has 1 aromatic heterocycles. The number of carbonyl (C=O) groups excluding carboxylic acids is 2. The summed E-state index contributed by atoms with van der Waals surface area (Å²) in [5.74, 6) is -1.82. The van der Waals surface area contributed by atoms with Gasteiger partial charge in [0.2, 0.25) is 5.76 Å². The number of methoxy groups -OCH3 is 1. The number of esters is 1. The van der Waals surface area contributed by atoms with E-state index in [1.807, 2.05) is 19.1 Å². The van der Waals surface area contributed by atoms with Crippen molar-refractivity contribution in [2.24, 2.45) is 0 Å². The topological polar surface area (TPSA) is 123 Å². The third kappa shape index (κ3) is 7.74. The fourth-order valence-electron chi connectivity index (χ4n) is 5.18. The smallest absolute Gasteiger partial charge is 0.374 e. The Morgan fingerprint density at radius 3 is 2.58 bits per heavy atom. The van der Waals surface area contributed by atoms with E-state index in [1.165, 1.54) is 14.0 Å². The summed E-state index contributed by atoms with van der Waals surface area (Å²) >= 11 is 5.26. The van der Waals surface area contributed by atoms with Gasteiger partial charge in [-0.25, -0.2) is 4.79 Å². The van der Waals surface area contributed by atoms with Crippen molar-refractivity contribution in [1.29, 1.82) is 0 Å². The lowest BCUT2D eigenvalue weighted by Crippen LogP contribution is -2.45. The highest BCUT2D eigenvalue weighted by Crippen LogP contribution is 2.34. The van der Waals surface area contributed by atoms with Crippen molar-refractivity contribution in [2.75, 3.05) is 13.7 Å². The van der Waals surface area contributed by atoms with Gasteiger partial charge >= 0.3 is 5.97 Å². The Morgan fingerprint density at radius 2 is 1.89 bits per heavy atom. The number of benzene rings is 2. The molecule has 0 unspecified atom stereocenters. The minimum Gasteiger partial charge on any atom is -0.507 e. The fraction of sp³-hybridized carbons (Fsp3) is 0.278. The van der Waals surface area contributed by atoms with E-state index >= 15 is 0 Å². The van der Waals surface area contributed by atoms with Gasteiger partial charge in [-0.2, -0.15) is 0 Å². The Morgan fingerprint density at radius 1 is 1.13 bits per heavy atom. The first kappa shape index (κ1) is 33.3. The number of thiocarbonyl (C=S) groups is 1. The molecule has 0 radical (unpaired) electrons.